The first-order chi connectivity index (χ1) is 7.66. The molecule has 0 spiro atoms. The lowest BCUT2D eigenvalue weighted by atomic mass is 10.2. The number of hydrogen-bond acceptors (Lipinski definition) is 5. The summed E-state index contributed by atoms with van der Waals surface area (Å²) >= 11 is 5.46. The molecular formula is C11H20O2S3. The van der Waals surface area contributed by atoms with E-state index in [9.17, 15) is 5.11 Å². The van der Waals surface area contributed by atoms with E-state index in [-0.39, 0.29) is 3.41 Å². The Kier molecular flexibility index (Phi) is 6.47. The maximum Gasteiger partial charge on any atom is 0.136 e. The molecule has 0 bridgehead atoms. The Labute approximate surface area is 111 Å². The van der Waals surface area contributed by atoms with Gasteiger partial charge in [0.25, 0.3) is 0 Å². The van der Waals surface area contributed by atoms with Crippen molar-refractivity contribution in [3.63, 3.8) is 0 Å². The van der Waals surface area contributed by atoms with Gasteiger partial charge in [-0.15, -0.1) is 35.3 Å². The van der Waals surface area contributed by atoms with Crippen LogP contribution in [0.1, 0.15) is 20.3 Å². The third-order valence-corrected chi connectivity index (χ3v) is 7.83. The maximum absolute atomic E-state index is 10.4. The smallest absolute Gasteiger partial charge is 0.136 e. The summed E-state index contributed by atoms with van der Waals surface area (Å²) in [4.78, 5) is 0. The van der Waals surface area contributed by atoms with Crippen molar-refractivity contribution >= 4 is 35.3 Å². The molecule has 1 N–H and O–H groups in total. The van der Waals surface area contributed by atoms with Crippen molar-refractivity contribution in [1.29, 1.82) is 0 Å². The molecular weight excluding hydrogens is 260 g/mol. The highest BCUT2D eigenvalue weighted by atomic mass is 32.3. The van der Waals surface area contributed by atoms with E-state index < -0.39 is 6.10 Å². The average molecular weight is 280 g/mol. The Morgan fingerprint density at radius 1 is 1.56 bits per heavy atom. The van der Waals surface area contributed by atoms with Crippen molar-refractivity contribution in [3.05, 3.63) is 11.8 Å². The normalized spacial score (nSPS) is 22.9. The third-order valence-electron chi connectivity index (χ3n) is 2.38. The SMILES string of the molecule is CCO/C=C(/C)C(O)C1(SC)SCCCS1. The van der Waals surface area contributed by atoms with Gasteiger partial charge in [0.2, 0.25) is 0 Å². The van der Waals surface area contributed by atoms with Crippen LogP contribution in [0.15, 0.2) is 11.8 Å². The Hall–Kier alpha value is 0.550. The molecule has 16 heavy (non-hydrogen) atoms. The summed E-state index contributed by atoms with van der Waals surface area (Å²) in [5.74, 6) is 2.26. The summed E-state index contributed by atoms with van der Waals surface area (Å²) < 4.78 is 5.10. The molecule has 0 aliphatic carbocycles. The lowest BCUT2D eigenvalue weighted by molar-refractivity contribution is 0.205. The van der Waals surface area contributed by atoms with Crippen LogP contribution < -0.4 is 0 Å². The van der Waals surface area contributed by atoms with Crippen LogP contribution in [0.25, 0.3) is 0 Å². The highest BCUT2D eigenvalue weighted by Gasteiger charge is 2.41. The van der Waals surface area contributed by atoms with Gasteiger partial charge in [0, 0.05) is 0 Å². The van der Waals surface area contributed by atoms with Crippen molar-refractivity contribution in [3.8, 4) is 0 Å². The molecule has 5 heteroatoms. The van der Waals surface area contributed by atoms with Crippen LogP contribution in [0, 0.1) is 0 Å². The molecule has 0 amide bonds. The number of aliphatic hydroxyl groups excluding tert-OH is 1. The van der Waals surface area contributed by atoms with Crippen molar-refractivity contribution < 1.29 is 9.84 Å². The highest BCUT2D eigenvalue weighted by molar-refractivity contribution is 8.34. The van der Waals surface area contributed by atoms with Gasteiger partial charge in [0.05, 0.1) is 12.9 Å². The molecule has 2 nitrogen and oxygen atoms in total. The predicted molar refractivity (Wildman–Crippen MR) is 77.2 cm³/mol. The molecule has 0 aromatic heterocycles. The van der Waals surface area contributed by atoms with Crippen LogP contribution in [0.4, 0.5) is 0 Å². The van der Waals surface area contributed by atoms with Gasteiger partial charge in [-0.05, 0) is 43.6 Å². The molecule has 1 heterocycles. The van der Waals surface area contributed by atoms with Crippen molar-refractivity contribution in [2.24, 2.45) is 0 Å². The lowest BCUT2D eigenvalue weighted by Gasteiger charge is -2.38. The number of thioether (sulfide) groups is 3. The first-order valence-corrected chi connectivity index (χ1v) is 8.65. The van der Waals surface area contributed by atoms with E-state index in [0.29, 0.717) is 6.61 Å². The van der Waals surface area contributed by atoms with Gasteiger partial charge in [-0.2, -0.15) is 0 Å². The third kappa shape index (κ3) is 3.52. The molecule has 1 fully saturated rings. The van der Waals surface area contributed by atoms with Gasteiger partial charge < -0.3 is 9.84 Å². The number of rotatable bonds is 5. The molecule has 0 saturated carbocycles. The zero-order valence-electron chi connectivity index (χ0n) is 10.1. The molecule has 1 unspecified atom stereocenters. The van der Waals surface area contributed by atoms with Crippen LogP contribution >= 0.6 is 35.3 Å². The fourth-order valence-electron chi connectivity index (χ4n) is 1.47. The Bertz CT molecular complexity index is 237. The summed E-state index contributed by atoms with van der Waals surface area (Å²) in [6, 6.07) is 0. The molecule has 94 valence electrons. The summed E-state index contributed by atoms with van der Waals surface area (Å²) in [6.07, 6.45) is 4.56. The standard InChI is InChI=1S/C11H20O2S3/c1-4-13-8-9(2)10(12)11(14-3)15-6-5-7-16-11/h8,10,12H,4-7H2,1-3H3/b9-8-. The first-order valence-electron chi connectivity index (χ1n) is 5.45. The second-order valence-corrected chi connectivity index (χ2v) is 8.09. The number of ether oxygens (including phenoxy) is 1. The van der Waals surface area contributed by atoms with E-state index in [4.69, 9.17) is 4.74 Å². The van der Waals surface area contributed by atoms with E-state index in [1.807, 2.05) is 37.4 Å². The average Bonchev–Trinajstić information content (AvgIpc) is 2.35. The van der Waals surface area contributed by atoms with E-state index in [0.717, 1.165) is 17.1 Å². The Morgan fingerprint density at radius 3 is 2.69 bits per heavy atom. The van der Waals surface area contributed by atoms with Crippen LogP contribution in [0.2, 0.25) is 0 Å². The van der Waals surface area contributed by atoms with Gasteiger partial charge in [0.1, 0.15) is 9.52 Å². The minimum absolute atomic E-state index is 0.143. The molecule has 1 aliphatic heterocycles. The van der Waals surface area contributed by atoms with Gasteiger partial charge in [-0.3, -0.25) is 0 Å². The minimum Gasteiger partial charge on any atom is -0.501 e. The molecule has 1 saturated heterocycles. The topological polar surface area (TPSA) is 29.5 Å². The molecule has 1 atom stereocenters. The van der Waals surface area contributed by atoms with E-state index in [2.05, 4.69) is 6.26 Å². The van der Waals surface area contributed by atoms with Crippen molar-refractivity contribution in [2.75, 3.05) is 24.4 Å². The highest BCUT2D eigenvalue weighted by Crippen LogP contribution is 2.53. The predicted octanol–water partition coefficient (Wildman–Crippen LogP) is 3.17. The summed E-state index contributed by atoms with van der Waals surface area (Å²) in [5.41, 5.74) is 0.915. The molecule has 1 aliphatic rings. The van der Waals surface area contributed by atoms with Gasteiger partial charge >= 0.3 is 0 Å². The summed E-state index contributed by atoms with van der Waals surface area (Å²) in [5, 5.41) is 10.4. The fourth-order valence-corrected chi connectivity index (χ4v) is 6.18. The summed E-state index contributed by atoms with van der Waals surface area (Å²) in [6.45, 7) is 4.54. The van der Waals surface area contributed by atoms with Crippen molar-refractivity contribution in [1.82, 2.24) is 0 Å². The van der Waals surface area contributed by atoms with E-state index in [1.54, 1.807) is 18.0 Å². The first kappa shape index (κ1) is 14.6. The lowest BCUT2D eigenvalue weighted by Crippen LogP contribution is -2.36. The summed E-state index contributed by atoms with van der Waals surface area (Å²) in [7, 11) is 0. The van der Waals surface area contributed by atoms with Gasteiger partial charge in [-0.1, -0.05) is 0 Å². The van der Waals surface area contributed by atoms with Crippen molar-refractivity contribution in [2.45, 2.75) is 29.8 Å². The second kappa shape index (κ2) is 7.09. The zero-order chi connectivity index (χ0) is 12.0. The molecule has 0 radical (unpaired) electrons. The van der Waals surface area contributed by atoms with Crippen LogP contribution in [-0.4, -0.2) is 39.0 Å². The van der Waals surface area contributed by atoms with E-state index >= 15 is 0 Å². The molecule has 1 rings (SSSR count). The number of aliphatic hydroxyl groups is 1. The monoisotopic (exact) mass is 280 g/mol. The fraction of sp³-hybridized carbons (Fsp3) is 0.818. The second-order valence-electron chi connectivity index (χ2n) is 3.58. The minimum atomic E-state index is -0.440. The van der Waals surface area contributed by atoms with E-state index in [1.165, 1.54) is 6.42 Å². The maximum atomic E-state index is 10.4. The molecule has 0 aromatic rings. The van der Waals surface area contributed by atoms with Crippen LogP contribution in [-0.2, 0) is 4.74 Å². The number of hydrogen-bond donors (Lipinski definition) is 1. The van der Waals surface area contributed by atoms with Crippen LogP contribution in [0.3, 0.4) is 0 Å². The van der Waals surface area contributed by atoms with Crippen LogP contribution in [0.5, 0.6) is 0 Å². The quantitative estimate of drug-likeness (QED) is 0.781. The largest absolute Gasteiger partial charge is 0.501 e. The molecule has 0 aromatic carbocycles. The Balaban J connectivity index is 2.70. The van der Waals surface area contributed by atoms with Gasteiger partial charge in [0.15, 0.2) is 0 Å². The Morgan fingerprint density at radius 2 is 2.19 bits per heavy atom. The van der Waals surface area contributed by atoms with Gasteiger partial charge in [-0.25, -0.2) is 0 Å². The zero-order valence-corrected chi connectivity index (χ0v) is 12.5.